The lowest BCUT2D eigenvalue weighted by molar-refractivity contribution is -0.191. The predicted molar refractivity (Wildman–Crippen MR) is 100 cm³/mol. The zero-order valence-electron chi connectivity index (χ0n) is 14.7. The zero-order valence-corrected chi connectivity index (χ0v) is 14.7. The Kier molecular flexibility index (Phi) is 4.60. The van der Waals surface area contributed by atoms with E-state index < -0.39 is 11.9 Å². The maximum Gasteiger partial charge on any atom is 0.191 e. The Balaban J connectivity index is 1.69. The first kappa shape index (κ1) is 17.0. The molecule has 0 radical (unpaired) electrons. The molecule has 0 spiro atoms. The molecule has 4 rings (SSSR count). The lowest BCUT2D eigenvalue weighted by Crippen LogP contribution is -2.37. The van der Waals surface area contributed by atoms with Gasteiger partial charge in [0.2, 0.25) is 0 Å². The van der Waals surface area contributed by atoms with Crippen molar-refractivity contribution in [3.8, 4) is 0 Å². The van der Waals surface area contributed by atoms with Crippen LogP contribution in [0.1, 0.15) is 35.8 Å². The standard InChI is InChI=1S/C23H22O3/c1-23(24,19-15-9-4-10-16-19)22-25-20(17-11-5-2-6-12-17)21(26-22)18-13-7-3-8-14-18/h2-16,20-22,24H,1H3/t20-,21-,23+/m0/s1. The van der Waals surface area contributed by atoms with E-state index in [9.17, 15) is 5.11 Å². The van der Waals surface area contributed by atoms with Crippen molar-refractivity contribution in [1.29, 1.82) is 0 Å². The minimum absolute atomic E-state index is 0.279. The van der Waals surface area contributed by atoms with Gasteiger partial charge in [0, 0.05) is 0 Å². The molecule has 0 unspecified atom stereocenters. The molecule has 1 saturated heterocycles. The summed E-state index contributed by atoms with van der Waals surface area (Å²) in [6, 6.07) is 29.6. The Morgan fingerprint density at radius 1 is 0.654 bits per heavy atom. The molecule has 1 N–H and O–H groups in total. The van der Waals surface area contributed by atoms with E-state index in [-0.39, 0.29) is 12.2 Å². The molecule has 3 nitrogen and oxygen atoms in total. The third-order valence-corrected chi connectivity index (χ3v) is 4.89. The normalized spacial score (nSPS) is 22.8. The topological polar surface area (TPSA) is 38.7 Å². The maximum atomic E-state index is 11.2. The van der Waals surface area contributed by atoms with Crippen LogP contribution >= 0.6 is 0 Å². The molecule has 0 amide bonds. The van der Waals surface area contributed by atoms with Crippen LogP contribution in [-0.2, 0) is 15.1 Å². The molecule has 26 heavy (non-hydrogen) atoms. The fraction of sp³-hybridized carbons (Fsp3) is 0.217. The van der Waals surface area contributed by atoms with Gasteiger partial charge in [-0.2, -0.15) is 0 Å². The van der Waals surface area contributed by atoms with Crippen LogP contribution in [0, 0.1) is 0 Å². The second-order valence-corrected chi connectivity index (χ2v) is 6.78. The summed E-state index contributed by atoms with van der Waals surface area (Å²) < 4.78 is 12.5. The summed E-state index contributed by atoms with van der Waals surface area (Å²) in [7, 11) is 0. The summed E-state index contributed by atoms with van der Waals surface area (Å²) in [6.07, 6.45) is -1.32. The van der Waals surface area contributed by atoms with E-state index in [1.807, 2.05) is 91.0 Å². The van der Waals surface area contributed by atoms with Gasteiger partial charge < -0.3 is 14.6 Å². The summed E-state index contributed by atoms with van der Waals surface area (Å²) in [5.41, 5.74) is 1.59. The van der Waals surface area contributed by atoms with Gasteiger partial charge >= 0.3 is 0 Å². The van der Waals surface area contributed by atoms with Crippen molar-refractivity contribution in [2.24, 2.45) is 0 Å². The predicted octanol–water partition coefficient (Wildman–Crippen LogP) is 4.75. The highest BCUT2D eigenvalue weighted by atomic mass is 16.7. The van der Waals surface area contributed by atoms with Crippen LogP contribution in [0.4, 0.5) is 0 Å². The van der Waals surface area contributed by atoms with Gasteiger partial charge in [0.1, 0.15) is 17.8 Å². The third kappa shape index (κ3) is 3.17. The maximum absolute atomic E-state index is 11.2. The van der Waals surface area contributed by atoms with Crippen LogP contribution in [-0.4, -0.2) is 11.4 Å². The van der Waals surface area contributed by atoms with E-state index in [4.69, 9.17) is 9.47 Å². The monoisotopic (exact) mass is 346 g/mol. The van der Waals surface area contributed by atoms with Gasteiger partial charge in [0.05, 0.1) is 0 Å². The van der Waals surface area contributed by atoms with Crippen LogP contribution in [0.25, 0.3) is 0 Å². The highest BCUT2D eigenvalue weighted by Crippen LogP contribution is 2.47. The van der Waals surface area contributed by atoms with Crippen molar-refractivity contribution >= 4 is 0 Å². The van der Waals surface area contributed by atoms with E-state index in [0.29, 0.717) is 0 Å². The van der Waals surface area contributed by atoms with Gasteiger partial charge in [-0.1, -0.05) is 91.0 Å². The first-order valence-electron chi connectivity index (χ1n) is 8.85. The first-order valence-corrected chi connectivity index (χ1v) is 8.85. The minimum atomic E-state index is -1.25. The van der Waals surface area contributed by atoms with Gasteiger partial charge in [0.15, 0.2) is 6.29 Å². The lowest BCUT2D eigenvalue weighted by atomic mass is 9.95. The Bertz CT molecular complexity index is 784. The molecule has 3 aromatic carbocycles. The average Bonchev–Trinajstić information content (AvgIpc) is 3.16. The molecule has 0 bridgehead atoms. The summed E-state index contributed by atoms with van der Waals surface area (Å²) in [4.78, 5) is 0. The van der Waals surface area contributed by atoms with Gasteiger partial charge in [-0.15, -0.1) is 0 Å². The van der Waals surface area contributed by atoms with Gasteiger partial charge in [-0.25, -0.2) is 0 Å². The Labute approximate surface area is 153 Å². The minimum Gasteiger partial charge on any atom is -0.380 e. The zero-order chi connectivity index (χ0) is 18.0. The highest BCUT2D eigenvalue weighted by molar-refractivity contribution is 5.28. The molecule has 1 fully saturated rings. The lowest BCUT2D eigenvalue weighted by Gasteiger charge is -2.29. The van der Waals surface area contributed by atoms with Crippen LogP contribution in [0.15, 0.2) is 91.0 Å². The quantitative estimate of drug-likeness (QED) is 0.741. The van der Waals surface area contributed by atoms with Crippen molar-refractivity contribution in [2.75, 3.05) is 0 Å². The molecular formula is C23H22O3. The third-order valence-electron chi connectivity index (χ3n) is 4.89. The van der Waals surface area contributed by atoms with Crippen molar-refractivity contribution in [3.63, 3.8) is 0 Å². The van der Waals surface area contributed by atoms with Crippen molar-refractivity contribution in [1.82, 2.24) is 0 Å². The van der Waals surface area contributed by atoms with Crippen LogP contribution in [0.5, 0.6) is 0 Å². The molecule has 3 aromatic rings. The summed E-state index contributed by atoms with van der Waals surface area (Å²) in [6.45, 7) is 1.74. The number of hydrogen-bond acceptors (Lipinski definition) is 3. The summed E-state index contributed by atoms with van der Waals surface area (Å²) in [5, 5.41) is 11.2. The van der Waals surface area contributed by atoms with Crippen LogP contribution < -0.4 is 0 Å². The first-order chi connectivity index (χ1) is 12.7. The summed E-state index contributed by atoms with van der Waals surface area (Å²) >= 11 is 0. The molecule has 0 saturated carbocycles. The molecule has 132 valence electrons. The van der Waals surface area contributed by atoms with Crippen LogP contribution in [0.3, 0.4) is 0 Å². The fourth-order valence-corrected chi connectivity index (χ4v) is 3.41. The molecule has 1 aliphatic heterocycles. The Morgan fingerprint density at radius 2 is 1.04 bits per heavy atom. The highest BCUT2D eigenvalue weighted by Gasteiger charge is 2.47. The van der Waals surface area contributed by atoms with Gasteiger partial charge in [-0.3, -0.25) is 0 Å². The largest absolute Gasteiger partial charge is 0.380 e. The van der Waals surface area contributed by atoms with Gasteiger partial charge in [-0.05, 0) is 23.6 Å². The number of ether oxygens (including phenoxy) is 2. The Hall–Kier alpha value is -2.46. The molecule has 0 aromatic heterocycles. The van der Waals surface area contributed by atoms with E-state index in [0.717, 1.165) is 16.7 Å². The van der Waals surface area contributed by atoms with E-state index >= 15 is 0 Å². The van der Waals surface area contributed by atoms with Gasteiger partial charge in [0.25, 0.3) is 0 Å². The number of rotatable bonds is 4. The van der Waals surface area contributed by atoms with Crippen molar-refractivity contribution in [2.45, 2.75) is 31.0 Å². The molecule has 3 atom stereocenters. The van der Waals surface area contributed by atoms with E-state index in [1.165, 1.54) is 0 Å². The number of hydrogen-bond donors (Lipinski definition) is 1. The number of aliphatic hydroxyl groups is 1. The second kappa shape index (κ2) is 7.04. The van der Waals surface area contributed by atoms with Crippen LogP contribution in [0.2, 0.25) is 0 Å². The molecule has 0 aliphatic carbocycles. The second-order valence-electron chi connectivity index (χ2n) is 6.78. The average molecular weight is 346 g/mol. The SMILES string of the molecule is C[C@@](O)(c1ccccc1)C1O[C@@H](c2ccccc2)[C@H](c2ccccc2)O1. The molecule has 1 aliphatic rings. The van der Waals surface area contributed by atoms with E-state index in [1.54, 1.807) is 6.92 Å². The molecular weight excluding hydrogens is 324 g/mol. The Morgan fingerprint density at radius 3 is 1.46 bits per heavy atom. The van der Waals surface area contributed by atoms with E-state index in [2.05, 4.69) is 0 Å². The van der Waals surface area contributed by atoms with Crippen molar-refractivity contribution in [3.05, 3.63) is 108 Å². The number of benzene rings is 3. The molecule has 1 heterocycles. The smallest absolute Gasteiger partial charge is 0.191 e. The fourth-order valence-electron chi connectivity index (χ4n) is 3.41. The van der Waals surface area contributed by atoms with Crippen molar-refractivity contribution < 1.29 is 14.6 Å². The molecule has 3 heteroatoms. The summed E-state index contributed by atoms with van der Waals surface area (Å²) in [5.74, 6) is 0.